The van der Waals surface area contributed by atoms with Crippen LogP contribution in [0.25, 0.3) is 0 Å². The van der Waals surface area contributed by atoms with Crippen molar-refractivity contribution < 1.29 is 24.6 Å². The van der Waals surface area contributed by atoms with Gasteiger partial charge in [0, 0.05) is 6.54 Å². The molecule has 2 aromatic carbocycles. The molecule has 0 fully saturated rings. The average Bonchev–Trinajstić information content (AvgIpc) is 2.71. The number of hydrogen-bond donors (Lipinski definition) is 3. The Bertz CT molecular complexity index is 749. The van der Waals surface area contributed by atoms with E-state index in [9.17, 15) is 19.8 Å². The molecule has 150 valence electrons. The number of rotatable bonds is 10. The summed E-state index contributed by atoms with van der Waals surface area (Å²) in [5.41, 5.74) is 1.65. The summed E-state index contributed by atoms with van der Waals surface area (Å²) in [6, 6.07) is 15.7. The Hall–Kier alpha value is -2.90. The highest BCUT2D eigenvalue weighted by Gasteiger charge is 2.25. The molecule has 0 bridgehead atoms. The number of hydrogen-bond acceptors (Lipinski definition) is 5. The molecular formula is C21H26N2O5. The predicted molar refractivity (Wildman–Crippen MR) is 104 cm³/mol. The molecule has 7 heteroatoms. The second-order valence-corrected chi connectivity index (χ2v) is 6.36. The van der Waals surface area contributed by atoms with Gasteiger partial charge in [0.15, 0.2) is 0 Å². The smallest absolute Gasteiger partial charge is 0.275 e. The summed E-state index contributed by atoms with van der Waals surface area (Å²) in [5.74, 6) is -0.970. The van der Waals surface area contributed by atoms with Crippen molar-refractivity contribution in [3.63, 3.8) is 0 Å². The number of carbonyl (C=O) groups is 2. The molecule has 2 rings (SSSR count). The maximum absolute atomic E-state index is 12.5. The number of carbonyl (C=O) groups excluding carboxylic acids is 2. The highest BCUT2D eigenvalue weighted by molar-refractivity contribution is 5.86. The summed E-state index contributed by atoms with van der Waals surface area (Å²) in [6.45, 7) is 2.67. The van der Waals surface area contributed by atoms with Crippen LogP contribution >= 0.6 is 0 Å². The molecular weight excluding hydrogens is 360 g/mol. The van der Waals surface area contributed by atoms with Crippen molar-refractivity contribution in [3.05, 3.63) is 65.7 Å². The molecule has 0 aliphatic heterocycles. The quantitative estimate of drug-likeness (QED) is 0.543. The van der Waals surface area contributed by atoms with Crippen molar-refractivity contribution >= 4 is 11.8 Å². The zero-order chi connectivity index (χ0) is 20.4. The Morgan fingerprint density at radius 1 is 1.07 bits per heavy atom. The Balaban J connectivity index is 1.89. The van der Waals surface area contributed by atoms with E-state index in [4.69, 9.17) is 4.84 Å². The zero-order valence-corrected chi connectivity index (χ0v) is 15.9. The van der Waals surface area contributed by atoms with E-state index in [0.29, 0.717) is 13.0 Å². The van der Waals surface area contributed by atoms with Crippen LogP contribution in [0.5, 0.6) is 5.75 Å². The van der Waals surface area contributed by atoms with Gasteiger partial charge >= 0.3 is 0 Å². The lowest BCUT2D eigenvalue weighted by Gasteiger charge is -2.24. The predicted octanol–water partition coefficient (Wildman–Crippen LogP) is 2.13. The van der Waals surface area contributed by atoms with Gasteiger partial charge < -0.3 is 15.5 Å². The van der Waals surface area contributed by atoms with Gasteiger partial charge in [-0.05, 0) is 29.7 Å². The number of aliphatic hydroxyl groups is 1. The topological polar surface area (TPSA) is 99.1 Å². The third-order valence-corrected chi connectivity index (χ3v) is 3.96. The van der Waals surface area contributed by atoms with Crippen LogP contribution in [0.15, 0.2) is 54.6 Å². The standard InChI is InChI=1S/C21H26N2O5/c1-2-12-28-23(15-17-6-4-3-5-7-17)21(27)19(25)13-20(26)22-14-16-8-10-18(24)11-9-16/h3-11,19,24-25H,2,12-15H2,1H3,(H,22,26). The van der Waals surface area contributed by atoms with Gasteiger partial charge in [-0.2, -0.15) is 0 Å². The molecule has 0 spiro atoms. The summed E-state index contributed by atoms with van der Waals surface area (Å²) < 4.78 is 0. The van der Waals surface area contributed by atoms with Crippen molar-refractivity contribution in [1.29, 1.82) is 0 Å². The summed E-state index contributed by atoms with van der Waals surface area (Å²) in [7, 11) is 0. The summed E-state index contributed by atoms with van der Waals surface area (Å²) >= 11 is 0. The molecule has 3 N–H and O–H groups in total. The second kappa shape index (κ2) is 11.1. The van der Waals surface area contributed by atoms with Crippen LogP contribution in [0.1, 0.15) is 30.9 Å². The first-order chi connectivity index (χ1) is 13.5. The molecule has 0 radical (unpaired) electrons. The molecule has 1 unspecified atom stereocenters. The third-order valence-electron chi connectivity index (χ3n) is 3.96. The van der Waals surface area contributed by atoms with E-state index in [1.54, 1.807) is 12.1 Å². The first kappa shape index (κ1) is 21.4. The molecule has 0 heterocycles. The highest BCUT2D eigenvalue weighted by Crippen LogP contribution is 2.11. The van der Waals surface area contributed by atoms with E-state index < -0.39 is 17.9 Å². The third kappa shape index (κ3) is 7.02. The van der Waals surface area contributed by atoms with Crippen molar-refractivity contribution in [3.8, 4) is 5.75 Å². The Kier molecular flexibility index (Phi) is 8.45. The van der Waals surface area contributed by atoms with E-state index in [1.807, 2.05) is 37.3 Å². The van der Waals surface area contributed by atoms with Crippen LogP contribution in [-0.4, -0.2) is 39.8 Å². The van der Waals surface area contributed by atoms with Crippen LogP contribution < -0.4 is 5.32 Å². The number of nitrogens with zero attached hydrogens (tertiary/aromatic N) is 1. The Morgan fingerprint density at radius 3 is 2.39 bits per heavy atom. The molecule has 1 atom stereocenters. The highest BCUT2D eigenvalue weighted by atomic mass is 16.7. The van der Waals surface area contributed by atoms with Gasteiger partial charge in [0.05, 0.1) is 19.6 Å². The Morgan fingerprint density at radius 2 is 1.75 bits per heavy atom. The van der Waals surface area contributed by atoms with Crippen molar-refractivity contribution in [2.75, 3.05) is 6.61 Å². The van der Waals surface area contributed by atoms with Gasteiger partial charge in [0.2, 0.25) is 5.91 Å². The fourth-order valence-corrected chi connectivity index (χ4v) is 2.45. The summed E-state index contributed by atoms with van der Waals surface area (Å²) in [4.78, 5) is 30.1. The first-order valence-corrected chi connectivity index (χ1v) is 9.20. The van der Waals surface area contributed by atoms with Gasteiger partial charge in [-0.15, -0.1) is 0 Å². The fraction of sp³-hybridized carbons (Fsp3) is 0.333. The second-order valence-electron chi connectivity index (χ2n) is 6.36. The average molecular weight is 386 g/mol. The number of aromatic hydroxyl groups is 1. The van der Waals surface area contributed by atoms with Crippen molar-refractivity contribution in [2.24, 2.45) is 0 Å². The Labute approximate surface area is 164 Å². The maximum Gasteiger partial charge on any atom is 0.275 e. The van der Waals surface area contributed by atoms with E-state index in [1.165, 1.54) is 12.1 Å². The molecule has 0 aromatic heterocycles. The molecule has 2 aromatic rings. The lowest BCUT2D eigenvalue weighted by Crippen LogP contribution is -2.41. The molecule has 0 saturated heterocycles. The normalized spacial score (nSPS) is 11.6. The van der Waals surface area contributed by atoms with Crippen LogP contribution in [-0.2, 0) is 27.5 Å². The summed E-state index contributed by atoms with van der Waals surface area (Å²) in [5, 5.41) is 23.2. The largest absolute Gasteiger partial charge is 0.508 e. The van der Waals surface area contributed by atoms with Crippen molar-refractivity contribution in [2.45, 2.75) is 39.0 Å². The fourth-order valence-electron chi connectivity index (χ4n) is 2.45. The van der Waals surface area contributed by atoms with E-state index in [2.05, 4.69) is 5.32 Å². The number of hydroxylamine groups is 2. The van der Waals surface area contributed by atoms with Gasteiger partial charge in [0.25, 0.3) is 5.91 Å². The van der Waals surface area contributed by atoms with Gasteiger partial charge in [-0.1, -0.05) is 49.4 Å². The van der Waals surface area contributed by atoms with Crippen LogP contribution in [0.3, 0.4) is 0 Å². The van der Waals surface area contributed by atoms with E-state index in [-0.39, 0.29) is 25.3 Å². The number of phenolic OH excluding ortho intramolecular Hbond substituents is 1. The zero-order valence-electron chi connectivity index (χ0n) is 15.9. The number of nitrogens with one attached hydrogen (secondary N) is 1. The van der Waals surface area contributed by atoms with Crippen LogP contribution in [0.4, 0.5) is 0 Å². The SMILES string of the molecule is CCCON(Cc1ccccc1)C(=O)C(O)CC(=O)NCc1ccc(O)cc1. The lowest BCUT2D eigenvalue weighted by molar-refractivity contribution is -0.199. The molecule has 7 nitrogen and oxygen atoms in total. The molecule has 0 saturated carbocycles. The lowest BCUT2D eigenvalue weighted by atomic mass is 10.2. The number of phenols is 1. The van der Waals surface area contributed by atoms with Gasteiger partial charge in [-0.3, -0.25) is 14.4 Å². The number of amides is 2. The van der Waals surface area contributed by atoms with Gasteiger partial charge in [0.1, 0.15) is 11.9 Å². The van der Waals surface area contributed by atoms with E-state index >= 15 is 0 Å². The van der Waals surface area contributed by atoms with Crippen LogP contribution in [0.2, 0.25) is 0 Å². The summed E-state index contributed by atoms with van der Waals surface area (Å²) in [6.07, 6.45) is -1.15. The molecule has 0 aliphatic carbocycles. The number of benzene rings is 2. The van der Waals surface area contributed by atoms with E-state index in [0.717, 1.165) is 16.2 Å². The van der Waals surface area contributed by atoms with Crippen LogP contribution in [0, 0.1) is 0 Å². The molecule has 2 amide bonds. The minimum atomic E-state index is -1.50. The maximum atomic E-state index is 12.5. The van der Waals surface area contributed by atoms with Gasteiger partial charge in [-0.25, -0.2) is 5.06 Å². The van der Waals surface area contributed by atoms with Crippen molar-refractivity contribution in [1.82, 2.24) is 10.4 Å². The minimum absolute atomic E-state index is 0.140. The first-order valence-electron chi connectivity index (χ1n) is 9.20. The monoisotopic (exact) mass is 386 g/mol. The molecule has 0 aliphatic rings. The number of aliphatic hydroxyl groups excluding tert-OH is 1. The minimum Gasteiger partial charge on any atom is -0.508 e. The molecule has 28 heavy (non-hydrogen) atoms.